The van der Waals surface area contributed by atoms with Crippen molar-refractivity contribution in [2.45, 2.75) is 18.1 Å². The molecule has 20 heavy (non-hydrogen) atoms. The second-order valence-corrected chi connectivity index (χ2v) is 5.17. The first kappa shape index (κ1) is 14.5. The van der Waals surface area contributed by atoms with E-state index in [-0.39, 0.29) is 0 Å². The summed E-state index contributed by atoms with van der Waals surface area (Å²) in [6.45, 7) is 5.01. The number of para-hydroxylation sites is 1. The van der Waals surface area contributed by atoms with Crippen LogP contribution in [-0.2, 0) is 6.54 Å². The zero-order valence-electron chi connectivity index (χ0n) is 11.2. The number of benzene rings is 1. The second kappa shape index (κ2) is 7.59. The Kier molecular flexibility index (Phi) is 5.49. The van der Waals surface area contributed by atoms with Crippen LogP contribution in [0.15, 0.2) is 48.1 Å². The topological polar surface area (TPSA) is 66.0 Å². The Hall–Kier alpha value is -1.95. The molecule has 0 aliphatic heterocycles. The molecule has 1 heterocycles. The van der Waals surface area contributed by atoms with Crippen LogP contribution in [0.5, 0.6) is 5.75 Å². The highest BCUT2D eigenvalue weighted by Crippen LogP contribution is 2.19. The smallest absolute Gasteiger partial charge is 0.222 e. The first-order valence-corrected chi connectivity index (χ1v) is 7.40. The fourth-order valence-electron chi connectivity index (χ4n) is 1.64. The van der Waals surface area contributed by atoms with Crippen LogP contribution in [0.25, 0.3) is 0 Å². The van der Waals surface area contributed by atoms with Gasteiger partial charge in [0, 0.05) is 12.3 Å². The van der Waals surface area contributed by atoms with Crippen LogP contribution in [0.4, 0.5) is 5.95 Å². The van der Waals surface area contributed by atoms with Crippen LogP contribution in [0.1, 0.15) is 6.42 Å². The van der Waals surface area contributed by atoms with E-state index in [9.17, 15) is 0 Å². The predicted molar refractivity (Wildman–Crippen MR) is 81.9 cm³/mol. The quantitative estimate of drug-likeness (QED) is 0.460. The van der Waals surface area contributed by atoms with E-state index in [0.717, 1.165) is 23.1 Å². The first-order valence-electron chi connectivity index (χ1n) is 6.41. The maximum absolute atomic E-state index is 5.74. The van der Waals surface area contributed by atoms with Crippen LogP contribution >= 0.6 is 11.8 Å². The van der Waals surface area contributed by atoms with Crippen molar-refractivity contribution in [2.24, 2.45) is 0 Å². The molecule has 1 aromatic carbocycles. The number of thioether (sulfide) groups is 1. The summed E-state index contributed by atoms with van der Waals surface area (Å²) < 4.78 is 7.47. The average Bonchev–Trinajstić information content (AvgIpc) is 2.81. The molecule has 2 rings (SSSR count). The number of nitrogens with two attached hydrogens (primary N) is 1. The van der Waals surface area contributed by atoms with Gasteiger partial charge in [-0.3, -0.25) is 4.57 Å². The van der Waals surface area contributed by atoms with Gasteiger partial charge in [0.2, 0.25) is 5.95 Å². The molecule has 0 saturated heterocycles. The molecule has 0 amide bonds. The number of aromatic nitrogens is 3. The maximum atomic E-state index is 5.74. The average molecular weight is 290 g/mol. The number of hydrogen-bond donors (Lipinski definition) is 1. The Morgan fingerprint density at radius 1 is 1.30 bits per heavy atom. The summed E-state index contributed by atoms with van der Waals surface area (Å²) in [7, 11) is 0. The zero-order chi connectivity index (χ0) is 14.2. The van der Waals surface area contributed by atoms with Gasteiger partial charge in [-0.1, -0.05) is 36.0 Å². The summed E-state index contributed by atoms with van der Waals surface area (Å²) >= 11 is 1.62. The first-order chi connectivity index (χ1) is 9.81. The van der Waals surface area contributed by atoms with Crippen molar-refractivity contribution in [1.29, 1.82) is 0 Å². The molecule has 2 N–H and O–H groups in total. The van der Waals surface area contributed by atoms with Crippen molar-refractivity contribution in [3.05, 3.63) is 43.0 Å². The molecule has 0 radical (unpaired) electrons. The van der Waals surface area contributed by atoms with E-state index < -0.39 is 0 Å². The van der Waals surface area contributed by atoms with E-state index in [0.29, 0.717) is 19.1 Å². The third-order valence-electron chi connectivity index (χ3n) is 2.59. The van der Waals surface area contributed by atoms with Crippen LogP contribution in [-0.4, -0.2) is 27.1 Å². The van der Waals surface area contributed by atoms with Gasteiger partial charge in [0.15, 0.2) is 5.16 Å². The zero-order valence-corrected chi connectivity index (χ0v) is 12.1. The lowest BCUT2D eigenvalue weighted by Gasteiger charge is -2.06. The molecule has 2 aromatic rings. The minimum atomic E-state index is 0.424. The molecule has 0 bridgehead atoms. The molecular formula is C14H18N4OS. The van der Waals surface area contributed by atoms with Gasteiger partial charge in [-0.2, -0.15) is 0 Å². The molecule has 0 aliphatic rings. The monoisotopic (exact) mass is 290 g/mol. The lowest BCUT2D eigenvalue weighted by Crippen LogP contribution is -2.04. The van der Waals surface area contributed by atoms with Crippen molar-refractivity contribution in [1.82, 2.24) is 14.8 Å². The molecule has 0 unspecified atom stereocenters. The van der Waals surface area contributed by atoms with Gasteiger partial charge >= 0.3 is 0 Å². The second-order valence-electron chi connectivity index (χ2n) is 4.10. The van der Waals surface area contributed by atoms with Gasteiger partial charge in [-0.25, -0.2) is 0 Å². The Morgan fingerprint density at radius 2 is 2.10 bits per heavy atom. The third-order valence-corrected chi connectivity index (χ3v) is 3.64. The Morgan fingerprint density at radius 3 is 2.85 bits per heavy atom. The van der Waals surface area contributed by atoms with Crippen molar-refractivity contribution in [3.8, 4) is 5.75 Å². The van der Waals surface area contributed by atoms with Gasteiger partial charge in [-0.15, -0.1) is 16.8 Å². The van der Waals surface area contributed by atoms with Crippen LogP contribution in [0.3, 0.4) is 0 Å². The standard InChI is InChI=1S/C14H18N4OS/c1-2-9-18-13(15)16-17-14(18)20-11-6-10-19-12-7-4-3-5-8-12/h2-5,7-8H,1,6,9-11H2,(H2,15,16). The molecule has 0 atom stereocenters. The molecule has 5 nitrogen and oxygen atoms in total. The van der Waals surface area contributed by atoms with E-state index in [1.807, 2.05) is 34.9 Å². The summed E-state index contributed by atoms with van der Waals surface area (Å²) in [4.78, 5) is 0. The SMILES string of the molecule is C=CCn1c(N)nnc1SCCCOc1ccccc1. The van der Waals surface area contributed by atoms with Gasteiger partial charge in [-0.05, 0) is 18.6 Å². The molecule has 106 valence electrons. The number of nitrogens with zero attached hydrogens (tertiary/aromatic N) is 3. The summed E-state index contributed by atoms with van der Waals surface area (Å²) in [5.41, 5.74) is 5.74. The maximum Gasteiger partial charge on any atom is 0.222 e. The Balaban J connectivity index is 1.72. The minimum Gasteiger partial charge on any atom is -0.494 e. The van der Waals surface area contributed by atoms with Crippen molar-refractivity contribution in [2.75, 3.05) is 18.1 Å². The van der Waals surface area contributed by atoms with Crippen molar-refractivity contribution < 1.29 is 4.74 Å². The number of allylic oxidation sites excluding steroid dienone is 1. The number of hydrogen-bond acceptors (Lipinski definition) is 5. The summed E-state index contributed by atoms with van der Waals surface area (Å²) in [5.74, 6) is 2.23. The fourth-order valence-corrected chi connectivity index (χ4v) is 2.50. The highest BCUT2D eigenvalue weighted by molar-refractivity contribution is 7.99. The lowest BCUT2D eigenvalue weighted by molar-refractivity contribution is 0.318. The van der Waals surface area contributed by atoms with Gasteiger partial charge < -0.3 is 10.5 Å². The van der Waals surface area contributed by atoms with Crippen molar-refractivity contribution >= 4 is 17.7 Å². The Bertz CT molecular complexity index is 541. The van der Waals surface area contributed by atoms with E-state index >= 15 is 0 Å². The summed E-state index contributed by atoms with van der Waals surface area (Å²) in [6, 6.07) is 9.80. The number of anilines is 1. The van der Waals surface area contributed by atoms with E-state index in [4.69, 9.17) is 10.5 Å². The highest BCUT2D eigenvalue weighted by Gasteiger charge is 2.08. The molecule has 0 fully saturated rings. The Labute approximate surface area is 122 Å². The molecule has 0 aliphatic carbocycles. The predicted octanol–water partition coefficient (Wildman–Crippen LogP) is 2.61. The van der Waals surface area contributed by atoms with Crippen LogP contribution in [0.2, 0.25) is 0 Å². The number of ether oxygens (including phenoxy) is 1. The van der Waals surface area contributed by atoms with Crippen LogP contribution < -0.4 is 10.5 Å². The molecule has 1 aromatic heterocycles. The normalized spacial score (nSPS) is 10.4. The van der Waals surface area contributed by atoms with Crippen LogP contribution in [0, 0.1) is 0 Å². The minimum absolute atomic E-state index is 0.424. The fraction of sp³-hybridized carbons (Fsp3) is 0.286. The molecule has 6 heteroatoms. The molecule has 0 saturated carbocycles. The van der Waals surface area contributed by atoms with Gasteiger partial charge in [0.1, 0.15) is 5.75 Å². The van der Waals surface area contributed by atoms with Gasteiger partial charge in [0.25, 0.3) is 0 Å². The highest BCUT2D eigenvalue weighted by atomic mass is 32.2. The number of rotatable bonds is 8. The summed E-state index contributed by atoms with van der Waals surface area (Å²) in [5, 5.41) is 8.75. The van der Waals surface area contributed by atoms with E-state index in [2.05, 4.69) is 16.8 Å². The van der Waals surface area contributed by atoms with Crippen molar-refractivity contribution in [3.63, 3.8) is 0 Å². The third kappa shape index (κ3) is 4.03. The summed E-state index contributed by atoms with van der Waals surface area (Å²) in [6.07, 6.45) is 2.71. The molecular weight excluding hydrogens is 272 g/mol. The molecule has 0 spiro atoms. The number of nitrogen functional groups attached to an aromatic ring is 1. The largest absolute Gasteiger partial charge is 0.494 e. The van der Waals surface area contributed by atoms with Gasteiger partial charge in [0.05, 0.1) is 6.61 Å². The van der Waals surface area contributed by atoms with E-state index in [1.165, 1.54) is 0 Å². The lowest BCUT2D eigenvalue weighted by atomic mass is 10.3. The van der Waals surface area contributed by atoms with E-state index in [1.54, 1.807) is 17.8 Å².